The summed E-state index contributed by atoms with van der Waals surface area (Å²) in [6, 6.07) is 9.36. The van der Waals surface area contributed by atoms with Gasteiger partial charge in [0.2, 0.25) is 0 Å². The minimum Gasteiger partial charge on any atom is -0.298 e. The largest absolute Gasteiger partial charge is 0.298 e. The maximum atomic E-state index is 12.6. The van der Waals surface area contributed by atoms with Crippen molar-refractivity contribution >= 4 is 16.6 Å². The van der Waals surface area contributed by atoms with Gasteiger partial charge in [0.25, 0.3) is 0 Å². The van der Waals surface area contributed by atoms with Gasteiger partial charge in [-0.15, -0.1) is 0 Å². The molecular weight excluding hydrogens is 256 g/mol. The predicted octanol–water partition coefficient (Wildman–Crippen LogP) is 3.58. The van der Waals surface area contributed by atoms with Gasteiger partial charge in [-0.1, -0.05) is 39.0 Å². The molecule has 1 saturated carbocycles. The van der Waals surface area contributed by atoms with E-state index < -0.39 is 10.8 Å². The third-order valence-electron chi connectivity index (χ3n) is 4.06. The van der Waals surface area contributed by atoms with E-state index in [1.807, 2.05) is 30.3 Å². The molecule has 3 atom stereocenters. The fourth-order valence-electron chi connectivity index (χ4n) is 2.70. The van der Waals surface area contributed by atoms with Crippen molar-refractivity contribution in [2.24, 2.45) is 11.3 Å². The Hall–Kier alpha value is -0.960. The van der Waals surface area contributed by atoms with Crippen LogP contribution in [0.25, 0.3) is 0 Å². The van der Waals surface area contributed by atoms with Crippen LogP contribution in [-0.2, 0) is 15.6 Å². The van der Waals surface area contributed by atoms with Gasteiger partial charge in [-0.25, -0.2) is 0 Å². The molecule has 3 heteroatoms. The Morgan fingerprint density at radius 1 is 1.16 bits per heavy atom. The summed E-state index contributed by atoms with van der Waals surface area (Å²) in [4.78, 5) is 12.9. The van der Waals surface area contributed by atoms with Crippen LogP contribution in [0.4, 0.5) is 0 Å². The number of hydrogen-bond donors (Lipinski definition) is 0. The molecule has 19 heavy (non-hydrogen) atoms. The van der Waals surface area contributed by atoms with E-state index in [0.29, 0.717) is 12.3 Å². The molecule has 2 rings (SSSR count). The summed E-state index contributed by atoms with van der Waals surface area (Å²) in [5.74, 6) is 0.644. The molecule has 0 heterocycles. The van der Waals surface area contributed by atoms with Crippen molar-refractivity contribution in [2.75, 3.05) is 0 Å². The Morgan fingerprint density at radius 2 is 1.79 bits per heavy atom. The van der Waals surface area contributed by atoms with Crippen LogP contribution in [0.1, 0.15) is 40.0 Å². The molecule has 2 nitrogen and oxygen atoms in total. The van der Waals surface area contributed by atoms with Crippen LogP contribution >= 0.6 is 0 Å². The number of ketones is 1. The Labute approximate surface area is 118 Å². The number of benzene rings is 1. The van der Waals surface area contributed by atoms with Gasteiger partial charge in [0.1, 0.15) is 5.78 Å². The Balaban J connectivity index is 2.18. The van der Waals surface area contributed by atoms with Crippen molar-refractivity contribution in [1.29, 1.82) is 0 Å². The van der Waals surface area contributed by atoms with E-state index in [0.717, 1.165) is 17.7 Å². The molecule has 1 aromatic rings. The summed E-state index contributed by atoms with van der Waals surface area (Å²) in [5.41, 5.74) is 0.180. The fourth-order valence-corrected chi connectivity index (χ4v) is 4.22. The van der Waals surface area contributed by atoms with Gasteiger partial charge in [0.15, 0.2) is 0 Å². The monoisotopic (exact) mass is 278 g/mol. The smallest absolute Gasteiger partial charge is 0.148 e. The van der Waals surface area contributed by atoms with E-state index in [2.05, 4.69) is 20.8 Å². The highest BCUT2D eigenvalue weighted by Crippen LogP contribution is 2.38. The van der Waals surface area contributed by atoms with Crippen LogP contribution in [0.5, 0.6) is 0 Å². The topological polar surface area (TPSA) is 34.1 Å². The van der Waals surface area contributed by atoms with E-state index in [4.69, 9.17) is 0 Å². The first-order chi connectivity index (χ1) is 8.89. The third-order valence-corrected chi connectivity index (χ3v) is 5.76. The Bertz CT molecular complexity index is 473. The van der Waals surface area contributed by atoms with Gasteiger partial charge in [-0.05, 0) is 36.3 Å². The molecule has 1 aliphatic carbocycles. The normalized spacial score (nSPS) is 26.2. The first kappa shape index (κ1) is 14.4. The summed E-state index contributed by atoms with van der Waals surface area (Å²) in [7, 11) is -1.20. The number of rotatable bonds is 2. The maximum Gasteiger partial charge on any atom is 0.148 e. The molecule has 1 aromatic carbocycles. The zero-order valence-electron chi connectivity index (χ0n) is 11.9. The lowest BCUT2D eigenvalue weighted by Crippen LogP contribution is -2.37. The van der Waals surface area contributed by atoms with Crippen LogP contribution in [0, 0.1) is 11.3 Å². The third kappa shape index (κ3) is 3.33. The Kier molecular flexibility index (Phi) is 4.24. The van der Waals surface area contributed by atoms with Crippen LogP contribution in [0.2, 0.25) is 0 Å². The standard InChI is InChI=1S/C16H22O2S/c1-16(2,3)12-9-10-14(17)15(11-12)19(18)13-7-5-4-6-8-13/h4-8,12,15H,9-11H2,1-3H3/t12?,15-,19?/m1/s1. The van der Waals surface area contributed by atoms with Gasteiger partial charge in [0, 0.05) is 11.3 Å². The SMILES string of the molecule is CC(C)(C)C1CCC(=O)[C@H](S(=O)c2ccccc2)C1. The zero-order valence-corrected chi connectivity index (χ0v) is 12.7. The summed E-state index contributed by atoms with van der Waals surface area (Å²) in [5, 5.41) is -0.319. The van der Waals surface area contributed by atoms with Crippen LogP contribution < -0.4 is 0 Å². The van der Waals surface area contributed by atoms with Gasteiger partial charge in [0.05, 0.1) is 16.0 Å². The molecule has 0 aliphatic heterocycles. The average Bonchev–Trinajstić information content (AvgIpc) is 2.38. The molecule has 0 N–H and O–H groups in total. The minimum atomic E-state index is -1.20. The first-order valence-corrected chi connectivity index (χ1v) is 8.09. The number of carbonyl (C=O) groups is 1. The second kappa shape index (κ2) is 5.58. The van der Waals surface area contributed by atoms with Gasteiger partial charge in [-0.2, -0.15) is 0 Å². The molecule has 0 radical (unpaired) electrons. The van der Waals surface area contributed by atoms with Crippen molar-refractivity contribution in [3.8, 4) is 0 Å². The number of Topliss-reactive ketones (excluding diaryl/α,β-unsaturated/α-hetero) is 1. The molecule has 0 spiro atoms. The lowest BCUT2D eigenvalue weighted by Gasteiger charge is -2.36. The van der Waals surface area contributed by atoms with Crippen LogP contribution in [0.3, 0.4) is 0 Å². The minimum absolute atomic E-state index is 0.169. The van der Waals surface area contributed by atoms with Gasteiger partial charge in [-0.3, -0.25) is 9.00 Å². The second-order valence-corrected chi connectivity index (χ2v) is 8.04. The van der Waals surface area contributed by atoms with Crippen LogP contribution in [-0.4, -0.2) is 15.2 Å². The molecule has 0 saturated heterocycles. The summed E-state index contributed by atoms with van der Waals surface area (Å²) in [6.07, 6.45) is 2.26. The van der Waals surface area contributed by atoms with Crippen molar-refractivity contribution in [2.45, 2.75) is 50.2 Å². The number of carbonyl (C=O) groups excluding carboxylic acids is 1. The quantitative estimate of drug-likeness (QED) is 0.828. The second-order valence-electron chi connectivity index (χ2n) is 6.40. The molecule has 104 valence electrons. The van der Waals surface area contributed by atoms with Crippen molar-refractivity contribution < 1.29 is 9.00 Å². The molecule has 1 fully saturated rings. The fraction of sp³-hybridized carbons (Fsp3) is 0.562. The summed E-state index contributed by atoms with van der Waals surface area (Å²) < 4.78 is 12.6. The highest BCUT2D eigenvalue weighted by Gasteiger charge is 2.38. The highest BCUT2D eigenvalue weighted by atomic mass is 32.2. The van der Waals surface area contributed by atoms with E-state index in [1.165, 1.54) is 0 Å². The van der Waals surface area contributed by atoms with Crippen molar-refractivity contribution in [3.63, 3.8) is 0 Å². The molecule has 0 bridgehead atoms. The predicted molar refractivity (Wildman–Crippen MR) is 78.4 cm³/mol. The summed E-state index contributed by atoms with van der Waals surface area (Å²) in [6.45, 7) is 6.61. The van der Waals surface area contributed by atoms with Gasteiger partial charge < -0.3 is 0 Å². The van der Waals surface area contributed by atoms with E-state index in [1.54, 1.807) is 0 Å². The van der Waals surface area contributed by atoms with E-state index in [9.17, 15) is 9.00 Å². The van der Waals surface area contributed by atoms with E-state index >= 15 is 0 Å². The molecule has 2 unspecified atom stereocenters. The lowest BCUT2D eigenvalue weighted by atomic mass is 9.72. The molecule has 0 aromatic heterocycles. The molecule has 0 amide bonds. The molecular formula is C16H22O2S. The van der Waals surface area contributed by atoms with Crippen LogP contribution in [0.15, 0.2) is 35.2 Å². The summed E-state index contributed by atoms with van der Waals surface area (Å²) >= 11 is 0. The number of hydrogen-bond acceptors (Lipinski definition) is 2. The highest BCUT2D eigenvalue weighted by molar-refractivity contribution is 7.86. The van der Waals surface area contributed by atoms with E-state index in [-0.39, 0.29) is 16.4 Å². The first-order valence-electron chi connectivity index (χ1n) is 6.88. The Morgan fingerprint density at radius 3 is 2.37 bits per heavy atom. The van der Waals surface area contributed by atoms with Gasteiger partial charge >= 0.3 is 0 Å². The maximum absolute atomic E-state index is 12.6. The molecule has 1 aliphatic rings. The van der Waals surface area contributed by atoms with Crippen molar-refractivity contribution in [1.82, 2.24) is 0 Å². The zero-order chi connectivity index (χ0) is 14.0. The van der Waals surface area contributed by atoms with Crippen molar-refractivity contribution in [3.05, 3.63) is 30.3 Å². The lowest BCUT2D eigenvalue weighted by molar-refractivity contribution is -0.121. The average molecular weight is 278 g/mol.